The van der Waals surface area contributed by atoms with E-state index >= 15 is 0 Å². The fourth-order valence-corrected chi connectivity index (χ4v) is 1.10. The molecule has 3 N–H and O–H groups in total. The number of nitrogens with one attached hydrogen (secondary N) is 1. The number of nitrogens with two attached hydrogens (primary N) is 1. The molecule has 1 rings (SSSR count). The molecule has 0 atom stereocenters. The number of nitrogens with zero attached hydrogens (tertiary/aromatic N) is 3. The molecule has 0 fully saturated rings. The summed E-state index contributed by atoms with van der Waals surface area (Å²) < 4.78 is 5.33. The molecule has 7 heteroatoms. The number of ether oxygens (including phenoxy) is 1. The average Bonchev–Trinajstić information content (AvgIpc) is 2.16. The molecule has 0 unspecified atom stereocenters. The van der Waals surface area contributed by atoms with Crippen molar-refractivity contribution in [2.45, 2.75) is 25.1 Å². The smallest absolute Gasteiger partial charge is 0.322 e. The predicted octanol–water partition coefficient (Wildman–Crippen LogP) is 0.666. The highest BCUT2D eigenvalue weighted by Crippen LogP contribution is 2.14. The van der Waals surface area contributed by atoms with E-state index in [2.05, 4.69) is 20.4 Å². The molecular weight excluding hydrogens is 202 g/mol. The van der Waals surface area contributed by atoms with Gasteiger partial charge in [0.2, 0.25) is 5.95 Å². The van der Waals surface area contributed by atoms with Gasteiger partial charge in [0.25, 0.3) is 0 Å². The van der Waals surface area contributed by atoms with E-state index in [1.165, 1.54) is 11.8 Å². The number of aromatic nitrogens is 3. The summed E-state index contributed by atoms with van der Waals surface area (Å²) in [4.78, 5) is 12.0. The van der Waals surface area contributed by atoms with Crippen molar-refractivity contribution in [3.05, 3.63) is 0 Å². The van der Waals surface area contributed by atoms with Gasteiger partial charge in [0.05, 0.1) is 6.10 Å². The van der Waals surface area contributed by atoms with Crippen LogP contribution >= 0.6 is 11.8 Å². The quantitative estimate of drug-likeness (QED) is 0.433. The first-order valence-electron chi connectivity index (χ1n) is 4.09. The van der Waals surface area contributed by atoms with Crippen LogP contribution in [0, 0.1) is 0 Å². The number of hydrazine groups is 1. The second-order valence-electron chi connectivity index (χ2n) is 2.74. The molecular formula is C7H13N5OS. The van der Waals surface area contributed by atoms with E-state index in [1.54, 1.807) is 0 Å². The highest BCUT2D eigenvalue weighted by Gasteiger charge is 2.07. The van der Waals surface area contributed by atoms with Gasteiger partial charge in [-0.3, -0.25) is 5.43 Å². The number of hydrogen-bond donors (Lipinski definition) is 2. The van der Waals surface area contributed by atoms with E-state index in [4.69, 9.17) is 10.6 Å². The van der Waals surface area contributed by atoms with Gasteiger partial charge in [-0.2, -0.15) is 15.0 Å². The largest absolute Gasteiger partial charge is 0.461 e. The minimum atomic E-state index is 0.0257. The molecule has 0 aromatic carbocycles. The van der Waals surface area contributed by atoms with Crippen molar-refractivity contribution in [3.63, 3.8) is 0 Å². The molecule has 1 aromatic rings. The lowest BCUT2D eigenvalue weighted by Crippen LogP contribution is -2.14. The Balaban J connectivity index is 2.92. The van der Waals surface area contributed by atoms with Crippen LogP contribution in [0.25, 0.3) is 0 Å². The van der Waals surface area contributed by atoms with Gasteiger partial charge in [0, 0.05) is 0 Å². The van der Waals surface area contributed by atoms with E-state index in [1.807, 2.05) is 20.1 Å². The van der Waals surface area contributed by atoms with E-state index in [9.17, 15) is 0 Å². The van der Waals surface area contributed by atoms with Crippen molar-refractivity contribution in [2.24, 2.45) is 5.84 Å². The molecule has 78 valence electrons. The molecule has 0 aliphatic carbocycles. The van der Waals surface area contributed by atoms with Crippen molar-refractivity contribution in [3.8, 4) is 6.01 Å². The predicted molar refractivity (Wildman–Crippen MR) is 55.2 cm³/mol. The van der Waals surface area contributed by atoms with Gasteiger partial charge < -0.3 is 4.74 Å². The van der Waals surface area contributed by atoms with Crippen LogP contribution in [-0.4, -0.2) is 27.3 Å². The monoisotopic (exact) mass is 215 g/mol. The summed E-state index contributed by atoms with van der Waals surface area (Å²) in [6.45, 7) is 3.80. The second-order valence-corrected chi connectivity index (χ2v) is 3.51. The van der Waals surface area contributed by atoms with Crippen LogP contribution in [0.4, 0.5) is 5.95 Å². The number of anilines is 1. The Bertz CT molecular complexity index is 284. The fourth-order valence-electron chi connectivity index (χ4n) is 0.757. The summed E-state index contributed by atoms with van der Waals surface area (Å²) in [7, 11) is 0. The van der Waals surface area contributed by atoms with Crippen LogP contribution in [-0.2, 0) is 0 Å². The van der Waals surface area contributed by atoms with Crippen molar-refractivity contribution in [2.75, 3.05) is 11.7 Å². The van der Waals surface area contributed by atoms with Crippen molar-refractivity contribution in [1.82, 2.24) is 15.0 Å². The van der Waals surface area contributed by atoms with Crippen LogP contribution in [0.1, 0.15) is 13.8 Å². The van der Waals surface area contributed by atoms with Crippen molar-refractivity contribution >= 4 is 17.7 Å². The number of rotatable bonds is 4. The van der Waals surface area contributed by atoms with Gasteiger partial charge in [-0.05, 0) is 20.1 Å². The lowest BCUT2D eigenvalue weighted by atomic mass is 10.5. The lowest BCUT2D eigenvalue weighted by molar-refractivity contribution is 0.219. The average molecular weight is 215 g/mol. The molecule has 14 heavy (non-hydrogen) atoms. The third-order valence-electron chi connectivity index (χ3n) is 1.25. The number of thioether (sulfide) groups is 1. The first-order valence-corrected chi connectivity index (χ1v) is 5.31. The minimum Gasteiger partial charge on any atom is -0.461 e. The summed E-state index contributed by atoms with van der Waals surface area (Å²) in [5.74, 6) is 5.51. The van der Waals surface area contributed by atoms with E-state index in [0.29, 0.717) is 11.1 Å². The van der Waals surface area contributed by atoms with Gasteiger partial charge >= 0.3 is 6.01 Å². The SMILES string of the molecule is CSc1nc(NN)nc(OC(C)C)n1. The topological polar surface area (TPSA) is 86.0 Å². The molecule has 0 radical (unpaired) electrons. The van der Waals surface area contributed by atoms with Crippen LogP contribution in [0.15, 0.2) is 5.16 Å². The molecule has 1 heterocycles. The Morgan fingerprint density at radius 2 is 2.07 bits per heavy atom. The first kappa shape index (κ1) is 11.0. The van der Waals surface area contributed by atoms with Gasteiger partial charge in [-0.15, -0.1) is 0 Å². The maximum absolute atomic E-state index is 5.33. The van der Waals surface area contributed by atoms with Gasteiger partial charge in [-0.25, -0.2) is 5.84 Å². The Hall–Kier alpha value is -1.08. The van der Waals surface area contributed by atoms with Crippen LogP contribution in [0.3, 0.4) is 0 Å². The van der Waals surface area contributed by atoms with E-state index in [0.717, 1.165) is 0 Å². The Kier molecular flexibility index (Phi) is 3.90. The lowest BCUT2D eigenvalue weighted by Gasteiger charge is -2.08. The third-order valence-corrected chi connectivity index (χ3v) is 1.79. The maximum Gasteiger partial charge on any atom is 0.322 e. The second kappa shape index (κ2) is 4.97. The zero-order valence-electron chi connectivity index (χ0n) is 8.31. The minimum absolute atomic E-state index is 0.0257. The van der Waals surface area contributed by atoms with E-state index < -0.39 is 0 Å². The zero-order valence-corrected chi connectivity index (χ0v) is 9.13. The molecule has 0 aliphatic heterocycles. The Morgan fingerprint density at radius 3 is 2.57 bits per heavy atom. The van der Waals surface area contributed by atoms with Crippen molar-refractivity contribution in [1.29, 1.82) is 0 Å². The van der Waals surface area contributed by atoms with Crippen LogP contribution in [0.5, 0.6) is 6.01 Å². The summed E-state index contributed by atoms with van der Waals surface area (Å²) in [6.07, 6.45) is 1.90. The van der Waals surface area contributed by atoms with Gasteiger partial charge in [-0.1, -0.05) is 11.8 Å². The maximum atomic E-state index is 5.33. The molecule has 0 spiro atoms. The normalized spacial score (nSPS) is 10.4. The summed E-state index contributed by atoms with van der Waals surface area (Å²) in [6, 6.07) is 0.285. The van der Waals surface area contributed by atoms with Gasteiger partial charge in [0.1, 0.15) is 0 Å². The molecule has 0 amide bonds. The summed E-state index contributed by atoms with van der Waals surface area (Å²) in [5, 5.41) is 0.573. The molecule has 0 bridgehead atoms. The molecule has 0 aliphatic rings. The number of hydrogen-bond acceptors (Lipinski definition) is 7. The van der Waals surface area contributed by atoms with Gasteiger partial charge in [0.15, 0.2) is 5.16 Å². The van der Waals surface area contributed by atoms with E-state index in [-0.39, 0.29) is 12.1 Å². The molecule has 0 saturated carbocycles. The Labute approximate surface area is 86.6 Å². The molecule has 1 aromatic heterocycles. The highest BCUT2D eigenvalue weighted by molar-refractivity contribution is 7.98. The van der Waals surface area contributed by atoms with Crippen molar-refractivity contribution < 1.29 is 4.74 Å². The number of nitrogen functional groups attached to an aromatic ring is 1. The van der Waals surface area contributed by atoms with Crippen LogP contribution < -0.4 is 16.0 Å². The van der Waals surface area contributed by atoms with Crippen LogP contribution in [0.2, 0.25) is 0 Å². The molecule has 6 nitrogen and oxygen atoms in total. The molecule has 0 saturated heterocycles. The third kappa shape index (κ3) is 3.00. The summed E-state index contributed by atoms with van der Waals surface area (Å²) in [5.41, 5.74) is 2.36. The fraction of sp³-hybridized carbons (Fsp3) is 0.571. The first-order chi connectivity index (χ1) is 6.65. The standard InChI is InChI=1S/C7H13N5OS/c1-4(2)13-6-9-5(12-8)10-7(11-6)14-3/h4H,8H2,1-3H3,(H,9,10,11,12). The zero-order chi connectivity index (χ0) is 10.6. The summed E-state index contributed by atoms with van der Waals surface area (Å²) >= 11 is 1.40. The highest BCUT2D eigenvalue weighted by atomic mass is 32.2. The Morgan fingerprint density at radius 1 is 1.36 bits per heavy atom.